The summed E-state index contributed by atoms with van der Waals surface area (Å²) in [7, 11) is 1.77. The normalized spacial score (nSPS) is 25.9. The second-order valence-corrected chi connectivity index (χ2v) is 3.48. The number of nitrogens with one attached hydrogen (secondary N) is 1. The largest absolute Gasteiger partial charge is 0.380 e. The van der Waals surface area contributed by atoms with Crippen molar-refractivity contribution in [3.8, 4) is 0 Å². The Hall–Kier alpha value is -0.860. The summed E-state index contributed by atoms with van der Waals surface area (Å²) < 4.78 is 5.20. The molecule has 1 aliphatic carbocycles. The van der Waals surface area contributed by atoms with Gasteiger partial charge in [0.1, 0.15) is 0 Å². The molecule has 0 saturated heterocycles. The van der Waals surface area contributed by atoms with E-state index in [1.807, 2.05) is 6.07 Å². The van der Waals surface area contributed by atoms with Gasteiger partial charge in [-0.15, -0.1) is 0 Å². The van der Waals surface area contributed by atoms with Crippen LogP contribution in [0.2, 0.25) is 0 Å². The summed E-state index contributed by atoms with van der Waals surface area (Å²) in [4.78, 5) is 0. The highest BCUT2D eigenvalue weighted by Gasteiger charge is 2.36. The van der Waals surface area contributed by atoms with E-state index in [1.165, 1.54) is 5.56 Å². The first-order valence-corrected chi connectivity index (χ1v) is 4.70. The lowest BCUT2D eigenvalue weighted by Gasteiger charge is -2.02. The first kappa shape index (κ1) is 8.73. The molecule has 1 N–H and O–H groups in total. The van der Waals surface area contributed by atoms with Crippen molar-refractivity contribution < 1.29 is 4.74 Å². The first-order chi connectivity index (χ1) is 6.40. The molecule has 1 fully saturated rings. The summed E-state index contributed by atoms with van der Waals surface area (Å²) in [6.45, 7) is 0.950. The Morgan fingerprint density at radius 1 is 1.38 bits per heavy atom. The van der Waals surface area contributed by atoms with Crippen LogP contribution in [-0.4, -0.2) is 19.3 Å². The maximum Gasteiger partial charge on any atom is 0.0741 e. The molecule has 0 amide bonds. The van der Waals surface area contributed by atoms with Crippen molar-refractivity contribution in [3.05, 3.63) is 35.9 Å². The van der Waals surface area contributed by atoms with E-state index in [0.29, 0.717) is 12.1 Å². The number of hydrogen-bond donors (Lipinski definition) is 1. The fourth-order valence-corrected chi connectivity index (χ4v) is 1.49. The molecule has 0 radical (unpaired) electrons. The standard InChI is InChI=1S/C11H15NO/c1-13-11-7-10(11)12-8-9-5-3-2-4-6-9/h2-6,10-12H,7-8H2,1H3/t10-,11+/m0/s1. The second-order valence-electron chi connectivity index (χ2n) is 3.48. The van der Waals surface area contributed by atoms with E-state index >= 15 is 0 Å². The molecule has 0 spiro atoms. The van der Waals surface area contributed by atoms with Crippen LogP contribution in [0.4, 0.5) is 0 Å². The molecule has 0 bridgehead atoms. The summed E-state index contributed by atoms with van der Waals surface area (Å²) in [5.41, 5.74) is 1.34. The predicted octanol–water partition coefficient (Wildman–Crippen LogP) is 1.56. The van der Waals surface area contributed by atoms with Gasteiger partial charge in [-0.1, -0.05) is 30.3 Å². The van der Waals surface area contributed by atoms with E-state index in [-0.39, 0.29) is 0 Å². The minimum absolute atomic E-state index is 0.448. The zero-order chi connectivity index (χ0) is 9.10. The van der Waals surface area contributed by atoms with Crippen LogP contribution in [0.3, 0.4) is 0 Å². The minimum atomic E-state index is 0.448. The fraction of sp³-hybridized carbons (Fsp3) is 0.455. The Morgan fingerprint density at radius 2 is 2.15 bits per heavy atom. The SMILES string of the molecule is CO[C@@H]1C[C@@H]1NCc1ccccc1. The van der Waals surface area contributed by atoms with E-state index in [2.05, 4.69) is 29.6 Å². The van der Waals surface area contributed by atoms with E-state index in [4.69, 9.17) is 4.74 Å². The zero-order valence-corrected chi connectivity index (χ0v) is 7.86. The highest BCUT2D eigenvalue weighted by atomic mass is 16.5. The Bertz CT molecular complexity index is 260. The van der Waals surface area contributed by atoms with Gasteiger partial charge in [0.25, 0.3) is 0 Å². The minimum Gasteiger partial charge on any atom is -0.380 e. The van der Waals surface area contributed by atoms with Crippen LogP contribution in [0, 0.1) is 0 Å². The smallest absolute Gasteiger partial charge is 0.0741 e. The molecule has 1 aromatic carbocycles. The maximum absolute atomic E-state index is 5.20. The highest BCUT2D eigenvalue weighted by molar-refractivity contribution is 5.14. The number of ether oxygens (including phenoxy) is 1. The van der Waals surface area contributed by atoms with Crippen molar-refractivity contribution in [3.63, 3.8) is 0 Å². The molecular weight excluding hydrogens is 162 g/mol. The summed E-state index contributed by atoms with van der Waals surface area (Å²) in [5.74, 6) is 0. The van der Waals surface area contributed by atoms with E-state index in [9.17, 15) is 0 Å². The van der Waals surface area contributed by atoms with Crippen LogP contribution < -0.4 is 5.32 Å². The molecule has 2 atom stereocenters. The lowest BCUT2D eigenvalue weighted by Crippen LogP contribution is -2.19. The average Bonchev–Trinajstić information content (AvgIpc) is 2.95. The molecule has 0 heterocycles. The number of methoxy groups -OCH3 is 1. The molecule has 2 heteroatoms. The molecule has 70 valence electrons. The van der Waals surface area contributed by atoms with Crippen LogP contribution in [0.25, 0.3) is 0 Å². The van der Waals surface area contributed by atoms with Crippen LogP contribution in [0.15, 0.2) is 30.3 Å². The van der Waals surface area contributed by atoms with Crippen molar-refractivity contribution in [1.29, 1.82) is 0 Å². The van der Waals surface area contributed by atoms with E-state index in [0.717, 1.165) is 13.0 Å². The van der Waals surface area contributed by atoms with E-state index < -0.39 is 0 Å². The van der Waals surface area contributed by atoms with Gasteiger partial charge in [0, 0.05) is 19.7 Å². The average molecular weight is 177 g/mol. The molecule has 1 saturated carbocycles. The molecule has 13 heavy (non-hydrogen) atoms. The Balaban J connectivity index is 1.75. The van der Waals surface area contributed by atoms with Gasteiger partial charge >= 0.3 is 0 Å². The third kappa shape index (κ3) is 2.29. The molecular formula is C11H15NO. The topological polar surface area (TPSA) is 21.3 Å². The lowest BCUT2D eigenvalue weighted by atomic mass is 10.2. The van der Waals surface area contributed by atoms with Crippen molar-refractivity contribution in [2.45, 2.75) is 25.1 Å². The summed E-state index contributed by atoms with van der Waals surface area (Å²) >= 11 is 0. The number of rotatable bonds is 4. The third-order valence-electron chi connectivity index (χ3n) is 2.45. The molecule has 0 unspecified atom stereocenters. The quantitative estimate of drug-likeness (QED) is 0.753. The predicted molar refractivity (Wildman–Crippen MR) is 52.5 cm³/mol. The zero-order valence-electron chi connectivity index (χ0n) is 7.86. The van der Waals surface area contributed by atoms with Gasteiger partial charge < -0.3 is 10.1 Å². The molecule has 0 aromatic heterocycles. The van der Waals surface area contributed by atoms with Crippen LogP contribution in [0.1, 0.15) is 12.0 Å². The van der Waals surface area contributed by atoms with Crippen molar-refractivity contribution in [2.75, 3.05) is 7.11 Å². The van der Waals surface area contributed by atoms with Gasteiger partial charge in [0.05, 0.1) is 6.10 Å². The molecule has 0 aliphatic heterocycles. The highest BCUT2D eigenvalue weighted by Crippen LogP contribution is 2.24. The Kier molecular flexibility index (Phi) is 2.62. The number of benzene rings is 1. The van der Waals surface area contributed by atoms with Crippen LogP contribution in [0.5, 0.6) is 0 Å². The molecule has 2 nitrogen and oxygen atoms in total. The lowest BCUT2D eigenvalue weighted by molar-refractivity contribution is 0.173. The van der Waals surface area contributed by atoms with Gasteiger partial charge in [-0.2, -0.15) is 0 Å². The molecule has 1 aromatic rings. The van der Waals surface area contributed by atoms with Gasteiger partial charge in [-0.3, -0.25) is 0 Å². The first-order valence-electron chi connectivity index (χ1n) is 4.70. The Morgan fingerprint density at radius 3 is 2.77 bits per heavy atom. The second kappa shape index (κ2) is 3.90. The summed E-state index contributed by atoms with van der Waals surface area (Å²) in [6, 6.07) is 11.0. The van der Waals surface area contributed by atoms with Gasteiger partial charge in [-0.05, 0) is 12.0 Å². The third-order valence-corrected chi connectivity index (χ3v) is 2.45. The van der Waals surface area contributed by atoms with Crippen molar-refractivity contribution in [1.82, 2.24) is 5.32 Å². The molecule has 1 aliphatic rings. The van der Waals surface area contributed by atoms with Crippen LogP contribution in [-0.2, 0) is 11.3 Å². The molecule has 2 rings (SSSR count). The van der Waals surface area contributed by atoms with Gasteiger partial charge in [0.2, 0.25) is 0 Å². The van der Waals surface area contributed by atoms with E-state index in [1.54, 1.807) is 7.11 Å². The fourth-order valence-electron chi connectivity index (χ4n) is 1.49. The monoisotopic (exact) mass is 177 g/mol. The van der Waals surface area contributed by atoms with Gasteiger partial charge in [-0.25, -0.2) is 0 Å². The summed E-state index contributed by atoms with van der Waals surface area (Å²) in [5, 5.41) is 3.45. The Labute approximate surface area is 78.9 Å². The van der Waals surface area contributed by atoms with Crippen LogP contribution >= 0.6 is 0 Å². The maximum atomic E-state index is 5.20. The number of hydrogen-bond acceptors (Lipinski definition) is 2. The summed E-state index contributed by atoms with van der Waals surface area (Å²) in [6.07, 6.45) is 1.60. The van der Waals surface area contributed by atoms with Crippen molar-refractivity contribution in [2.24, 2.45) is 0 Å². The van der Waals surface area contributed by atoms with Crippen molar-refractivity contribution >= 4 is 0 Å². The van der Waals surface area contributed by atoms with Gasteiger partial charge in [0.15, 0.2) is 0 Å².